The molecule has 0 saturated carbocycles. The number of carbonyl (C=O) groups is 2. The number of ether oxygens (including phenoxy) is 1. The second-order valence-electron chi connectivity index (χ2n) is 5.60. The quantitative estimate of drug-likeness (QED) is 0.927. The Morgan fingerprint density at radius 2 is 1.90 bits per heavy atom. The first-order valence-electron chi connectivity index (χ1n) is 6.44. The molecule has 0 fully saturated rings. The number of nitrogens with one attached hydrogen (secondary N) is 1. The summed E-state index contributed by atoms with van der Waals surface area (Å²) < 4.78 is 5.10. The van der Waals surface area contributed by atoms with Crippen LogP contribution in [-0.4, -0.2) is 23.5 Å². The zero-order valence-corrected chi connectivity index (χ0v) is 13.0. The highest BCUT2D eigenvalue weighted by Gasteiger charge is 2.21. The van der Waals surface area contributed by atoms with E-state index in [1.807, 2.05) is 6.07 Å². The molecule has 110 valence electrons. The minimum atomic E-state index is -0.624. The maximum atomic E-state index is 12.0. The van der Waals surface area contributed by atoms with Gasteiger partial charge < -0.3 is 10.1 Å². The van der Waals surface area contributed by atoms with Gasteiger partial charge in [-0.2, -0.15) is 0 Å². The molecule has 1 atom stereocenters. The maximum absolute atomic E-state index is 12.0. The fraction of sp³-hybridized carbons (Fsp3) is 0.467. The number of Topliss-reactive ketones (excluding diaryl/α,β-unsaturated/α-hetero) is 1. The second-order valence-corrected chi connectivity index (χ2v) is 6.01. The molecule has 20 heavy (non-hydrogen) atoms. The van der Waals surface area contributed by atoms with E-state index in [0.29, 0.717) is 5.02 Å². The number of hydrogen-bond donors (Lipinski definition) is 1. The van der Waals surface area contributed by atoms with Crippen molar-refractivity contribution in [2.75, 3.05) is 0 Å². The lowest BCUT2D eigenvalue weighted by Crippen LogP contribution is -2.42. The Hall–Kier alpha value is -1.55. The van der Waals surface area contributed by atoms with Gasteiger partial charge in [-0.15, -0.1) is 0 Å². The molecule has 1 rings (SSSR count). The average molecular weight is 298 g/mol. The van der Waals surface area contributed by atoms with Crippen LogP contribution in [0.25, 0.3) is 0 Å². The zero-order valence-electron chi connectivity index (χ0n) is 12.2. The summed E-state index contributed by atoms with van der Waals surface area (Å²) >= 11 is 6.00. The van der Waals surface area contributed by atoms with Crippen molar-refractivity contribution in [3.05, 3.63) is 34.9 Å². The third kappa shape index (κ3) is 5.61. The van der Waals surface area contributed by atoms with Crippen molar-refractivity contribution in [1.82, 2.24) is 5.32 Å². The minimum absolute atomic E-state index is 0.121. The monoisotopic (exact) mass is 297 g/mol. The lowest BCUT2D eigenvalue weighted by molar-refractivity contribution is -0.120. The number of benzene rings is 1. The van der Waals surface area contributed by atoms with Gasteiger partial charge in [-0.1, -0.05) is 29.8 Å². The Kier molecular flexibility index (Phi) is 5.57. The number of rotatable bonds is 4. The van der Waals surface area contributed by atoms with Crippen LogP contribution in [0.1, 0.15) is 33.3 Å². The standard InChI is InChI=1S/C15H20ClNO3/c1-10(17-14(19)20-15(2,3)4)13(18)9-11-7-5-6-8-12(11)16/h5-8,10H,9H2,1-4H3,(H,17,19)/t10-/m0/s1. The summed E-state index contributed by atoms with van der Waals surface area (Å²) in [6.45, 7) is 6.93. The van der Waals surface area contributed by atoms with Crippen LogP contribution in [-0.2, 0) is 16.0 Å². The summed E-state index contributed by atoms with van der Waals surface area (Å²) in [6.07, 6.45) is -0.422. The predicted molar refractivity (Wildman–Crippen MR) is 79.0 cm³/mol. The summed E-state index contributed by atoms with van der Waals surface area (Å²) in [7, 11) is 0. The number of carbonyl (C=O) groups excluding carboxylic acids is 2. The van der Waals surface area contributed by atoms with Gasteiger partial charge in [0, 0.05) is 11.4 Å². The SMILES string of the molecule is C[C@H](NC(=O)OC(C)(C)C)C(=O)Cc1ccccc1Cl. The average Bonchev–Trinajstić information content (AvgIpc) is 2.29. The van der Waals surface area contributed by atoms with E-state index in [-0.39, 0.29) is 12.2 Å². The topological polar surface area (TPSA) is 55.4 Å². The van der Waals surface area contributed by atoms with Gasteiger partial charge >= 0.3 is 6.09 Å². The summed E-state index contributed by atoms with van der Waals surface area (Å²) in [5, 5.41) is 3.07. The van der Waals surface area contributed by atoms with Crippen molar-refractivity contribution in [1.29, 1.82) is 0 Å². The molecule has 0 aliphatic carbocycles. The molecule has 0 unspecified atom stereocenters. The number of hydrogen-bond acceptors (Lipinski definition) is 3. The van der Waals surface area contributed by atoms with E-state index in [4.69, 9.17) is 16.3 Å². The zero-order chi connectivity index (χ0) is 15.3. The lowest BCUT2D eigenvalue weighted by Gasteiger charge is -2.21. The molecular formula is C15H20ClNO3. The molecule has 4 nitrogen and oxygen atoms in total. The van der Waals surface area contributed by atoms with Crippen LogP contribution in [0.15, 0.2) is 24.3 Å². The van der Waals surface area contributed by atoms with Crippen molar-refractivity contribution >= 4 is 23.5 Å². The van der Waals surface area contributed by atoms with Crippen LogP contribution >= 0.6 is 11.6 Å². The van der Waals surface area contributed by atoms with E-state index in [9.17, 15) is 9.59 Å². The molecule has 0 aromatic heterocycles. The molecule has 0 heterocycles. The summed E-state index contributed by atoms with van der Waals surface area (Å²) in [6, 6.07) is 6.52. The first-order chi connectivity index (χ1) is 9.19. The Bertz CT molecular complexity index is 494. The molecule has 0 aliphatic heterocycles. The van der Waals surface area contributed by atoms with Gasteiger partial charge in [-0.05, 0) is 39.3 Å². The Morgan fingerprint density at radius 1 is 1.30 bits per heavy atom. The van der Waals surface area contributed by atoms with E-state index >= 15 is 0 Å². The first-order valence-corrected chi connectivity index (χ1v) is 6.82. The highest BCUT2D eigenvalue weighted by Crippen LogP contribution is 2.16. The molecule has 1 N–H and O–H groups in total. The van der Waals surface area contributed by atoms with Gasteiger partial charge in [0.1, 0.15) is 5.60 Å². The Labute approximate surface area is 124 Å². The fourth-order valence-corrected chi connectivity index (χ4v) is 1.75. The van der Waals surface area contributed by atoms with E-state index in [1.54, 1.807) is 45.9 Å². The third-order valence-corrected chi connectivity index (χ3v) is 2.91. The number of amides is 1. The van der Waals surface area contributed by atoms with Gasteiger partial charge in [-0.3, -0.25) is 4.79 Å². The first kappa shape index (κ1) is 16.5. The van der Waals surface area contributed by atoms with Gasteiger partial charge in [-0.25, -0.2) is 4.79 Å². The highest BCUT2D eigenvalue weighted by molar-refractivity contribution is 6.31. The molecular weight excluding hydrogens is 278 g/mol. The number of alkyl carbamates (subject to hydrolysis) is 1. The van der Waals surface area contributed by atoms with Gasteiger partial charge in [0.05, 0.1) is 6.04 Å². The summed E-state index contributed by atoms with van der Waals surface area (Å²) in [5.41, 5.74) is 0.160. The number of ketones is 1. The number of halogens is 1. The van der Waals surface area contributed by atoms with E-state index in [2.05, 4.69) is 5.32 Å². The largest absolute Gasteiger partial charge is 0.444 e. The van der Waals surface area contributed by atoms with E-state index in [1.165, 1.54) is 0 Å². The lowest BCUT2D eigenvalue weighted by atomic mass is 10.0. The molecule has 0 spiro atoms. The molecule has 0 bridgehead atoms. The van der Waals surface area contributed by atoms with Crippen LogP contribution in [0, 0.1) is 0 Å². The highest BCUT2D eigenvalue weighted by atomic mass is 35.5. The molecule has 0 radical (unpaired) electrons. The van der Waals surface area contributed by atoms with Crippen molar-refractivity contribution in [3.8, 4) is 0 Å². The van der Waals surface area contributed by atoms with E-state index < -0.39 is 17.7 Å². The van der Waals surface area contributed by atoms with Gasteiger partial charge in [0.2, 0.25) is 0 Å². The van der Waals surface area contributed by atoms with Crippen LogP contribution in [0.2, 0.25) is 5.02 Å². The third-order valence-electron chi connectivity index (χ3n) is 2.54. The molecule has 1 aromatic rings. The van der Waals surface area contributed by atoms with E-state index in [0.717, 1.165) is 5.56 Å². The van der Waals surface area contributed by atoms with Crippen molar-refractivity contribution in [3.63, 3.8) is 0 Å². The Morgan fingerprint density at radius 3 is 2.45 bits per heavy atom. The smallest absolute Gasteiger partial charge is 0.408 e. The van der Waals surface area contributed by atoms with Crippen LogP contribution in [0.3, 0.4) is 0 Å². The second kappa shape index (κ2) is 6.75. The molecule has 0 saturated heterocycles. The maximum Gasteiger partial charge on any atom is 0.408 e. The fourth-order valence-electron chi connectivity index (χ4n) is 1.55. The summed E-state index contributed by atoms with van der Waals surface area (Å²) in [4.78, 5) is 23.6. The molecule has 0 aliphatic rings. The Balaban J connectivity index is 2.56. The minimum Gasteiger partial charge on any atom is -0.444 e. The van der Waals surface area contributed by atoms with Gasteiger partial charge in [0.25, 0.3) is 0 Å². The summed E-state index contributed by atoms with van der Waals surface area (Å²) in [5.74, 6) is -0.121. The molecule has 1 aromatic carbocycles. The molecule has 1 amide bonds. The van der Waals surface area contributed by atoms with Crippen molar-refractivity contribution in [2.45, 2.75) is 45.8 Å². The van der Waals surface area contributed by atoms with Crippen LogP contribution in [0.4, 0.5) is 4.79 Å². The molecule has 5 heteroatoms. The predicted octanol–water partition coefficient (Wildman–Crippen LogP) is 3.36. The van der Waals surface area contributed by atoms with Crippen LogP contribution in [0.5, 0.6) is 0 Å². The van der Waals surface area contributed by atoms with Gasteiger partial charge in [0.15, 0.2) is 5.78 Å². The van der Waals surface area contributed by atoms with Crippen molar-refractivity contribution < 1.29 is 14.3 Å². The van der Waals surface area contributed by atoms with Crippen molar-refractivity contribution in [2.24, 2.45) is 0 Å². The normalized spacial score (nSPS) is 12.7. The van der Waals surface area contributed by atoms with Crippen LogP contribution < -0.4 is 5.32 Å².